The SMILES string of the molecule is CC1=C(CC2CCNCC2)CCC1=O. The lowest BCUT2D eigenvalue weighted by molar-refractivity contribution is -0.114. The van der Waals surface area contributed by atoms with Gasteiger partial charge in [-0.2, -0.15) is 0 Å². The van der Waals surface area contributed by atoms with Gasteiger partial charge in [0.15, 0.2) is 5.78 Å². The highest BCUT2D eigenvalue weighted by Crippen LogP contribution is 2.30. The molecule has 2 nitrogen and oxygen atoms in total. The number of nitrogens with one attached hydrogen (secondary N) is 1. The number of carbonyl (C=O) groups excluding carboxylic acids is 1. The lowest BCUT2D eigenvalue weighted by Gasteiger charge is -2.23. The van der Waals surface area contributed by atoms with E-state index in [1.807, 2.05) is 6.92 Å². The van der Waals surface area contributed by atoms with E-state index < -0.39 is 0 Å². The second-order valence-corrected chi connectivity index (χ2v) is 4.55. The van der Waals surface area contributed by atoms with Crippen LogP contribution in [-0.4, -0.2) is 18.9 Å². The minimum Gasteiger partial charge on any atom is -0.317 e. The van der Waals surface area contributed by atoms with E-state index in [0.717, 1.165) is 37.4 Å². The summed E-state index contributed by atoms with van der Waals surface area (Å²) in [6.45, 7) is 4.32. The number of Topliss-reactive ketones (excluding diaryl/α,β-unsaturated/α-hetero) is 1. The van der Waals surface area contributed by atoms with Gasteiger partial charge in [0.05, 0.1) is 0 Å². The Labute approximate surface area is 85.8 Å². The van der Waals surface area contributed by atoms with Gasteiger partial charge < -0.3 is 5.32 Å². The molecule has 0 atom stereocenters. The first-order chi connectivity index (χ1) is 6.77. The van der Waals surface area contributed by atoms with Crippen molar-refractivity contribution in [2.24, 2.45) is 5.92 Å². The molecular weight excluding hydrogens is 174 g/mol. The van der Waals surface area contributed by atoms with Crippen molar-refractivity contribution in [2.75, 3.05) is 13.1 Å². The van der Waals surface area contributed by atoms with Crippen LogP contribution in [0, 0.1) is 5.92 Å². The lowest BCUT2D eigenvalue weighted by Crippen LogP contribution is -2.27. The van der Waals surface area contributed by atoms with Crippen LogP contribution in [-0.2, 0) is 4.79 Å². The molecule has 0 aromatic rings. The van der Waals surface area contributed by atoms with Crippen LogP contribution in [0.5, 0.6) is 0 Å². The maximum absolute atomic E-state index is 11.4. The summed E-state index contributed by atoms with van der Waals surface area (Å²) in [4.78, 5) is 11.4. The predicted octanol–water partition coefficient (Wildman–Crippen LogP) is 2.06. The monoisotopic (exact) mass is 193 g/mol. The largest absolute Gasteiger partial charge is 0.317 e. The molecule has 2 aliphatic rings. The highest BCUT2D eigenvalue weighted by molar-refractivity contribution is 5.98. The average Bonchev–Trinajstić information content (AvgIpc) is 2.52. The number of rotatable bonds is 2. The first-order valence-electron chi connectivity index (χ1n) is 5.70. The van der Waals surface area contributed by atoms with E-state index in [4.69, 9.17) is 0 Å². The second-order valence-electron chi connectivity index (χ2n) is 4.55. The van der Waals surface area contributed by atoms with Crippen LogP contribution in [0.25, 0.3) is 0 Å². The summed E-state index contributed by atoms with van der Waals surface area (Å²) < 4.78 is 0. The van der Waals surface area contributed by atoms with Crippen molar-refractivity contribution < 1.29 is 4.79 Å². The minimum atomic E-state index is 0.383. The van der Waals surface area contributed by atoms with E-state index in [1.165, 1.54) is 24.8 Å². The molecule has 0 aromatic heterocycles. The Balaban J connectivity index is 1.93. The molecule has 0 radical (unpaired) electrons. The van der Waals surface area contributed by atoms with Crippen molar-refractivity contribution >= 4 is 5.78 Å². The molecule has 1 saturated heterocycles. The lowest BCUT2D eigenvalue weighted by atomic mass is 9.90. The molecule has 0 unspecified atom stereocenters. The molecule has 0 spiro atoms. The van der Waals surface area contributed by atoms with E-state index in [-0.39, 0.29) is 0 Å². The van der Waals surface area contributed by atoms with Crippen molar-refractivity contribution in [3.8, 4) is 0 Å². The molecule has 2 heteroatoms. The maximum atomic E-state index is 11.4. The van der Waals surface area contributed by atoms with Gasteiger partial charge in [0.25, 0.3) is 0 Å². The number of hydrogen-bond acceptors (Lipinski definition) is 2. The molecule has 1 aliphatic heterocycles. The summed E-state index contributed by atoms with van der Waals surface area (Å²) in [6.07, 6.45) is 5.55. The first kappa shape index (κ1) is 9.91. The Bertz CT molecular complexity index is 261. The summed E-state index contributed by atoms with van der Waals surface area (Å²) in [5, 5.41) is 3.38. The molecule has 1 aliphatic carbocycles. The molecule has 1 N–H and O–H groups in total. The topological polar surface area (TPSA) is 29.1 Å². The smallest absolute Gasteiger partial charge is 0.158 e. The zero-order valence-electron chi connectivity index (χ0n) is 8.94. The molecule has 1 heterocycles. The fourth-order valence-electron chi connectivity index (χ4n) is 2.53. The average molecular weight is 193 g/mol. The van der Waals surface area contributed by atoms with E-state index in [2.05, 4.69) is 5.32 Å². The summed E-state index contributed by atoms with van der Waals surface area (Å²) in [6, 6.07) is 0. The maximum Gasteiger partial charge on any atom is 0.158 e. The van der Waals surface area contributed by atoms with Crippen LogP contribution in [0.1, 0.15) is 39.0 Å². The van der Waals surface area contributed by atoms with E-state index in [9.17, 15) is 4.79 Å². The van der Waals surface area contributed by atoms with Crippen molar-refractivity contribution in [3.63, 3.8) is 0 Å². The highest BCUT2D eigenvalue weighted by atomic mass is 16.1. The molecular formula is C12H19NO. The fraction of sp³-hybridized carbons (Fsp3) is 0.750. The molecule has 0 bridgehead atoms. The molecule has 14 heavy (non-hydrogen) atoms. The Morgan fingerprint density at radius 2 is 2.00 bits per heavy atom. The zero-order valence-corrected chi connectivity index (χ0v) is 8.94. The van der Waals surface area contributed by atoms with Gasteiger partial charge in [0.1, 0.15) is 0 Å². The van der Waals surface area contributed by atoms with Gasteiger partial charge in [-0.3, -0.25) is 4.79 Å². The summed E-state index contributed by atoms with van der Waals surface area (Å²) in [5.74, 6) is 1.21. The van der Waals surface area contributed by atoms with Crippen LogP contribution >= 0.6 is 0 Å². The molecule has 78 valence electrons. The van der Waals surface area contributed by atoms with Crippen LogP contribution in [0.2, 0.25) is 0 Å². The van der Waals surface area contributed by atoms with Crippen molar-refractivity contribution in [1.29, 1.82) is 0 Å². The van der Waals surface area contributed by atoms with E-state index in [1.54, 1.807) is 0 Å². The molecule has 0 saturated carbocycles. The Morgan fingerprint density at radius 3 is 2.57 bits per heavy atom. The summed E-state index contributed by atoms with van der Waals surface area (Å²) in [7, 11) is 0. The van der Waals surface area contributed by atoms with Gasteiger partial charge in [-0.25, -0.2) is 0 Å². The van der Waals surface area contributed by atoms with Crippen molar-refractivity contribution in [3.05, 3.63) is 11.1 Å². The second kappa shape index (κ2) is 4.26. The Hall–Kier alpha value is -0.630. The highest BCUT2D eigenvalue weighted by Gasteiger charge is 2.22. The van der Waals surface area contributed by atoms with Crippen molar-refractivity contribution in [1.82, 2.24) is 5.32 Å². The molecule has 0 amide bonds. The predicted molar refractivity (Wildman–Crippen MR) is 57.2 cm³/mol. The van der Waals surface area contributed by atoms with Crippen LogP contribution in [0.15, 0.2) is 11.1 Å². The third-order valence-corrected chi connectivity index (χ3v) is 3.60. The molecule has 2 rings (SSSR count). The Kier molecular flexibility index (Phi) is 3.02. The number of ketones is 1. The van der Waals surface area contributed by atoms with Gasteiger partial charge in [-0.15, -0.1) is 0 Å². The van der Waals surface area contributed by atoms with Crippen LogP contribution in [0.3, 0.4) is 0 Å². The number of carbonyl (C=O) groups is 1. The summed E-state index contributed by atoms with van der Waals surface area (Å²) in [5.41, 5.74) is 2.52. The third kappa shape index (κ3) is 2.06. The first-order valence-corrected chi connectivity index (χ1v) is 5.70. The number of piperidine rings is 1. The van der Waals surface area contributed by atoms with Gasteiger partial charge in [-0.1, -0.05) is 5.57 Å². The standard InChI is InChI=1S/C12H19NO/c1-9-11(2-3-12(9)14)8-10-4-6-13-7-5-10/h10,13H,2-8H2,1H3. The quantitative estimate of drug-likeness (QED) is 0.727. The number of allylic oxidation sites excluding steroid dienone is 2. The molecule has 0 aromatic carbocycles. The van der Waals surface area contributed by atoms with E-state index in [0.29, 0.717) is 5.78 Å². The van der Waals surface area contributed by atoms with Gasteiger partial charge in [-0.05, 0) is 57.2 Å². The fourth-order valence-corrected chi connectivity index (χ4v) is 2.53. The van der Waals surface area contributed by atoms with Crippen molar-refractivity contribution in [2.45, 2.75) is 39.0 Å². The Morgan fingerprint density at radius 1 is 1.29 bits per heavy atom. The van der Waals surface area contributed by atoms with E-state index >= 15 is 0 Å². The molecule has 1 fully saturated rings. The normalized spacial score (nSPS) is 24.8. The third-order valence-electron chi connectivity index (χ3n) is 3.60. The summed E-state index contributed by atoms with van der Waals surface area (Å²) >= 11 is 0. The minimum absolute atomic E-state index is 0.383. The zero-order chi connectivity index (χ0) is 9.97. The van der Waals surface area contributed by atoms with Gasteiger partial charge >= 0.3 is 0 Å². The van der Waals surface area contributed by atoms with Crippen LogP contribution in [0.4, 0.5) is 0 Å². The van der Waals surface area contributed by atoms with Gasteiger partial charge in [0, 0.05) is 6.42 Å². The van der Waals surface area contributed by atoms with Gasteiger partial charge in [0.2, 0.25) is 0 Å². The van der Waals surface area contributed by atoms with Crippen LogP contribution < -0.4 is 5.32 Å². The number of hydrogen-bond donors (Lipinski definition) is 1.